The minimum atomic E-state index is -0.0249. The van der Waals surface area contributed by atoms with Gasteiger partial charge in [0, 0.05) is 24.9 Å². The van der Waals surface area contributed by atoms with E-state index in [1.54, 1.807) is 20.0 Å². The lowest BCUT2D eigenvalue weighted by Gasteiger charge is -2.09. The third-order valence-electron chi connectivity index (χ3n) is 1.69. The van der Waals surface area contributed by atoms with Crippen molar-refractivity contribution in [3.8, 4) is 0 Å². The van der Waals surface area contributed by atoms with Crippen molar-refractivity contribution in [2.45, 2.75) is 20.3 Å². The summed E-state index contributed by atoms with van der Waals surface area (Å²) in [6.45, 7) is 11.2. The molecule has 0 unspecified atom stereocenters. The molecule has 0 atom stereocenters. The second-order valence-corrected chi connectivity index (χ2v) is 3.02. The van der Waals surface area contributed by atoms with Gasteiger partial charge in [0.15, 0.2) is 0 Å². The van der Waals surface area contributed by atoms with Gasteiger partial charge in [0.25, 0.3) is 0 Å². The maximum atomic E-state index is 11.2. The first-order valence-electron chi connectivity index (χ1n) is 4.55. The lowest BCUT2D eigenvalue weighted by atomic mass is 10.2. The number of carbonyl (C=O) groups is 1. The van der Waals surface area contributed by atoms with Gasteiger partial charge in [-0.05, 0) is 18.6 Å². The highest BCUT2D eigenvalue weighted by molar-refractivity contribution is 5.78. The molecule has 0 aliphatic rings. The Hall–Kier alpha value is -1.51. The summed E-state index contributed by atoms with van der Waals surface area (Å²) in [5.41, 5.74) is 2.25. The number of carbonyl (C=O) groups excluding carboxylic acids is 1. The van der Waals surface area contributed by atoms with E-state index in [0.29, 0.717) is 12.1 Å². The molecule has 3 nitrogen and oxygen atoms in total. The van der Waals surface area contributed by atoms with Gasteiger partial charge in [-0.1, -0.05) is 20.1 Å². The van der Waals surface area contributed by atoms with Crippen LogP contribution in [0.15, 0.2) is 36.2 Å². The maximum Gasteiger partial charge on any atom is 0.224 e. The van der Waals surface area contributed by atoms with E-state index in [-0.39, 0.29) is 5.91 Å². The molecule has 3 heteroatoms. The second-order valence-electron chi connectivity index (χ2n) is 3.02. The van der Waals surface area contributed by atoms with Crippen LogP contribution >= 0.6 is 0 Å². The van der Waals surface area contributed by atoms with Crippen molar-refractivity contribution in [3.63, 3.8) is 0 Å². The molecule has 0 saturated heterocycles. The molecule has 0 bridgehead atoms. The monoisotopic (exact) mass is 194 g/mol. The molecule has 0 fully saturated rings. The van der Waals surface area contributed by atoms with Gasteiger partial charge in [0.05, 0.1) is 0 Å². The molecule has 1 amide bonds. The van der Waals surface area contributed by atoms with Gasteiger partial charge >= 0.3 is 0 Å². The number of nitrogens with one attached hydrogen (secondary N) is 2. The van der Waals surface area contributed by atoms with Crippen molar-refractivity contribution >= 4 is 5.91 Å². The quantitative estimate of drug-likeness (QED) is 0.654. The molecule has 14 heavy (non-hydrogen) atoms. The average molecular weight is 194 g/mol. The Morgan fingerprint density at radius 1 is 1.43 bits per heavy atom. The largest absolute Gasteiger partial charge is 0.389 e. The number of hydrogen-bond acceptors (Lipinski definition) is 2. The third-order valence-corrected chi connectivity index (χ3v) is 1.69. The van der Waals surface area contributed by atoms with Gasteiger partial charge in [0.1, 0.15) is 0 Å². The van der Waals surface area contributed by atoms with Crippen LogP contribution in [0.5, 0.6) is 0 Å². The van der Waals surface area contributed by atoms with E-state index >= 15 is 0 Å². The number of likely N-dealkylation sites (N-methyl/N-ethyl adjacent to an activating group) is 1. The second kappa shape index (κ2) is 6.02. The van der Waals surface area contributed by atoms with Crippen molar-refractivity contribution in [3.05, 3.63) is 36.2 Å². The smallest absolute Gasteiger partial charge is 0.224 e. The third kappa shape index (κ3) is 4.50. The van der Waals surface area contributed by atoms with Crippen molar-refractivity contribution in [2.24, 2.45) is 0 Å². The highest BCUT2D eigenvalue weighted by Gasteiger charge is 2.02. The van der Waals surface area contributed by atoms with Gasteiger partial charge in [-0.2, -0.15) is 0 Å². The molecule has 0 aliphatic heterocycles. The fourth-order valence-corrected chi connectivity index (χ4v) is 0.751. The van der Waals surface area contributed by atoms with E-state index in [1.165, 1.54) is 0 Å². The molecule has 78 valence electrons. The lowest BCUT2D eigenvalue weighted by molar-refractivity contribution is -0.120. The Morgan fingerprint density at radius 2 is 2.00 bits per heavy atom. The average Bonchev–Trinajstić information content (AvgIpc) is 2.16. The molecule has 0 heterocycles. The van der Waals surface area contributed by atoms with Crippen LogP contribution in [0.25, 0.3) is 0 Å². The Labute approximate surface area is 85.6 Å². The first-order valence-corrected chi connectivity index (χ1v) is 4.55. The molecule has 2 N–H and O–H groups in total. The van der Waals surface area contributed by atoms with Crippen molar-refractivity contribution in [2.75, 3.05) is 7.05 Å². The molecule has 0 rings (SSSR count). The zero-order chi connectivity index (χ0) is 11.1. The molecular formula is C11H18N2O. The molecular weight excluding hydrogens is 176 g/mol. The summed E-state index contributed by atoms with van der Waals surface area (Å²) in [5, 5.41) is 5.63. The molecule has 0 aromatic heterocycles. The van der Waals surface area contributed by atoms with E-state index in [1.807, 2.05) is 6.92 Å². The van der Waals surface area contributed by atoms with Crippen LogP contribution < -0.4 is 10.6 Å². The van der Waals surface area contributed by atoms with Crippen LogP contribution in [0.4, 0.5) is 0 Å². The fourth-order valence-electron chi connectivity index (χ4n) is 0.751. The first-order chi connectivity index (χ1) is 6.51. The molecule has 0 aromatic rings. The molecule has 0 aliphatic carbocycles. The minimum absolute atomic E-state index is 0.0249. The Balaban J connectivity index is 4.60. The van der Waals surface area contributed by atoms with Crippen molar-refractivity contribution < 1.29 is 4.79 Å². The zero-order valence-corrected chi connectivity index (χ0v) is 9.11. The van der Waals surface area contributed by atoms with E-state index in [2.05, 4.69) is 23.8 Å². The number of hydrogen-bond donors (Lipinski definition) is 2. The van der Waals surface area contributed by atoms with Gasteiger partial charge in [-0.3, -0.25) is 4.79 Å². The lowest BCUT2D eigenvalue weighted by Crippen LogP contribution is -2.22. The molecule has 0 saturated carbocycles. The number of amides is 1. The van der Waals surface area contributed by atoms with Crippen LogP contribution in [0.1, 0.15) is 20.3 Å². The summed E-state index contributed by atoms with van der Waals surface area (Å²) in [7, 11) is 1.77. The van der Waals surface area contributed by atoms with E-state index in [4.69, 9.17) is 0 Å². The van der Waals surface area contributed by atoms with Crippen LogP contribution in [-0.4, -0.2) is 13.0 Å². The highest BCUT2D eigenvalue weighted by atomic mass is 16.1. The SMILES string of the molecule is C=C(C=C(NC(=O)CC)C(=C)C)NC. The summed E-state index contributed by atoms with van der Waals surface area (Å²) in [6.07, 6.45) is 2.21. The predicted octanol–water partition coefficient (Wildman–Crippen LogP) is 1.71. The van der Waals surface area contributed by atoms with Crippen molar-refractivity contribution in [1.29, 1.82) is 0 Å². The number of rotatable bonds is 5. The van der Waals surface area contributed by atoms with Crippen molar-refractivity contribution in [1.82, 2.24) is 10.6 Å². The van der Waals surface area contributed by atoms with Gasteiger partial charge in [0.2, 0.25) is 5.91 Å². The Kier molecular flexibility index (Phi) is 5.37. The van der Waals surface area contributed by atoms with Gasteiger partial charge in [-0.25, -0.2) is 0 Å². The number of allylic oxidation sites excluding steroid dienone is 2. The summed E-state index contributed by atoms with van der Waals surface area (Å²) in [4.78, 5) is 11.2. The predicted molar refractivity (Wildman–Crippen MR) is 59.5 cm³/mol. The van der Waals surface area contributed by atoms with Gasteiger partial charge < -0.3 is 10.6 Å². The van der Waals surface area contributed by atoms with Crippen LogP contribution in [-0.2, 0) is 4.79 Å². The fraction of sp³-hybridized carbons (Fsp3) is 0.364. The molecule has 0 radical (unpaired) electrons. The van der Waals surface area contributed by atoms with E-state index in [0.717, 1.165) is 11.3 Å². The van der Waals surface area contributed by atoms with Gasteiger partial charge in [-0.15, -0.1) is 0 Å². The minimum Gasteiger partial charge on any atom is -0.389 e. The maximum absolute atomic E-state index is 11.2. The Bertz CT molecular complexity index is 277. The van der Waals surface area contributed by atoms with Crippen LogP contribution in [0.2, 0.25) is 0 Å². The zero-order valence-electron chi connectivity index (χ0n) is 9.11. The van der Waals surface area contributed by atoms with Crippen LogP contribution in [0.3, 0.4) is 0 Å². The molecule has 0 aromatic carbocycles. The van der Waals surface area contributed by atoms with E-state index in [9.17, 15) is 4.79 Å². The normalized spacial score (nSPS) is 10.6. The molecule has 0 spiro atoms. The van der Waals surface area contributed by atoms with E-state index < -0.39 is 0 Å². The Morgan fingerprint density at radius 3 is 2.36 bits per heavy atom. The summed E-state index contributed by atoms with van der Waals surface area (Å²) >= 11 is 0. The summed E-state index contributed by atoms with van der Waals surface area (Å²) in [5.74, 6) is -0.0249. The standard InChI is InChI=1S/C11H18N2O/c1-6-11(14)13-10(8(2)3)7-9(4)12-5/h7,12H,2,4,6H2,1,3,5H3,(H,13,14). The highest BCUT2D eigenvalue weighted by Crippen LogP contribution is 2.05. The van der Waals surface area contributed by atoms with Crippen LogP contribution in [0, 0.1) is 0 Å². The topological polar surface area (TPSA) is 41.1 Å². The summed E-state index contributed by atoms with van der Waals surface area (Å²) < 4.78 is 0. The summed E-state index contributed by atoms with van der Waals surface area (Å²) in [6, 6.07) is 0. The first kappa shape index (κ1) is 12.5.